The molecule has 1 aliphatic heterocycles. The molecular formula is C22H13F4NO3S2. The highest BCUT2D eigenvalue weighted by Crippen LogP contribution is 2.40. The van der Waals surface area contributed by atoms with Crippen LogP contribution in [0.5, 0.6) is 0 Å². The number of rotatable bonds is 4. The van der Waals surface area contributed by atoms with Gasteiger partial charge in [0, 0.05) is 22.1 Å². The van der Waals surface area contributed by atoms with Gasteiger partial charge >= 0.3 is 0 Å². The lowest BCUT2D eigenvalue weighted by molar-refractivity contribution is -0.112. The van der Waals surface area contributed by atoms with Crippen molar-refractivity contribution in [1.29, 1.82) is 0 Å². The molecule has 0 saturated heterocycles. The van der Waals surface area contributed by atoms with Gasteiger partial charge in [-0.1, -0.05) is 17.8 Å². The molecule has 4 nitrogen and oxygen atoms in total. The van der Waals surface area contributed by atoms with Crippen LogP contribution in [0.1, 0.15) is 11.1 Å². The van der Waals surface area contributed by atoms with Crippen molar-refractivity contribution >= 4 is 39.3 Å². The van der Waals surface area contributed by atoms with E-state index in [1.165, 1.54) is 30.3 Å². The number of fused-ring (bicyclic) bond motifs is 1. The summed E-state index contributed by atoms with van der Waals surface area (Å²) in [6.45, 7) is 0. The van der Waals surface area contributed by atoms with Crippen molar-refractivity contribution in [3.05, 3.63) is 93.9 Å². The van der Waals surface area contributed by atoms with E-state index in [1.54, 1.807) is 0 Å². The number of hydrogen-bond acceptors (Lipinski definition) is 4. The van der Waals surface area contributed by atoms with Gasteiger partial charge in [0.1, 0.15) is 23.3 Å². The topological polar surface area (TPSA) is 63.2 Å². The highest BCUT2D eigenvalue weighted by atomic mass is 32.2. The van der Waals surface area contributed by atoms with Crippen molar-refractivity contribution in [2.45, 2.75) is 15.5 Å². The molecule has 4 rings (SSSR count). The highest BCUT2D eigenvalue weighted by molar-refractivity contribution is 8.04. The summed E-state index contributed by atoms with van der Waals surface area (Å²) < 4.78 is 80.4. The molecule has 0 fully saturated rings. The highest BCUT2D eigenvalue weighted by Gasteiger charge is 2.26. The Morgan fingerprint density at radius 1 is 0.906 bits per heavy atom. The van der Waals surface area contributed by atoms with Crippen LogP contribution in [0.4, 0.5) is 23.2 Å². The summed E-state index contributed by atoms with van der Waals surface area (Å²) in [6, 6.07) is 9.82. The molecule has 0 radical (unpaired) electrons. The first kappa shape index (κ1) is 22.1. The quantitative estimate of drug-likeness (QED) is 0.407. The second-order valence-electron chi connectivity index (χ2n) is 6.85. The summed E-state index contributed by atoms with van der Waals surface area (Å²) in [5.41, 5.74) is -0.266. The first-order chi connectivity index (χ1) is 15.1. The maximum absolute atomic E-state index is 14.0. The maximum Gasteiger partial charge on any atom is 0.262 e. The summed E-state index contributed by atoms with van der Waals surface area (Å²) in [5.74, 6) is -5.00. The summed E-state index contributed by atoms with van der Waals surface area (Å²) in [6.07, 6.45) is 1.22. The normalized spacial score (nSPS) is 14.9. The number of amides is 1. The fourth-order valence-electron chi connectivity index (χ4n) is 3.03. The number of hydrogen-bond donors (Lipinski definition) is 1. The monoisotopic (exact) mass is 479 g/mol. The molecule has 3 aromatic carbocycles. The number of benzene rings is 3. The number of carbonyl (C=O) groups excluding carboxylic acids is 1. The Balaban J connectivity index is 1.67. The number of sulfone groups is 1. The first-order valence-corrected chi connectivity index (χ1v) is 11.6. The third-order valence-corrected chi connectivity index (χ3v) is 7.37. The molecule has 1 amide bonds. The van der Waals surface area contributed by atoms with Crippen molar-refractivity contribution < 1.29 is 30.8 Å². The van der Waals surface area contributed by atoms with Crippen LogP contribution >= 0.6 is 11.8 Å². The van der Waals surface area contributed by atoms with Crippen molar-refractivity contribution in [2.75, 3.05) is 5.32 Å². The van der Waals surface area contributed by atoms with Gasteiger partial charge in [-0.15, -0.1) is 0 Å². The summed E-state index contributed by atoms with van der Waals surface area (Å²) in [5, 5.41) is 2.57. The molecule has 0 aliphatic carbocycles. The largest absolute Gasteiger partial charge is 0.320 e. The summed E-state index contributed by atoms with van der Waals surface area (Å²) in [7, 11) is -4.12. The minimum absolute atomic E-state index is 0.0219. The van der Waals surface area contributed by atoms with E-state index < -0.39 is 50.3 Å². The van der Waals surface area contributed by atoms with Gasteiger partial charge in [-0.25, -0.2) is 26.0 Å². The molecule has 0 atom stereocenters. The number of halogens is 4. The molecule has 1 N–H and O–H groups in total. The van der Waals surface area contributed by atoms with Crippen LogP contribution in [0.15, 0.2) is 69.3 Å². The van der Waals surface area contributed by atoms with Crippen molar-refractivity contribution in [1.82, 2.24) is 0 Å². The average Bonchev–Trinajstić information content (AvgIpc) is 2.73. The van der Waals surface area contributed by atoms with E-state index in [1.807, 2.05) is 0 Å². The van der Waals surface area contributed by atoms with Gasteiger partial charge in [0.05, 0.1) is 21.2 Å². The van der Waals surface area contributed by atoms with Crippen LogP contribution in [0, 0.1) is 23.3 Å². The van der Waals surface area contributed by atoms with Crippen molar-refractivity contribution in [3.8, 4) is 0 Å². The second kappa shape index (κ2) is 8.44. The Morgan fingerprint density at radius 2 is 1.62 bits per heavy atom. The van der Waals surface area contributed by atoms with Crippen LogP contribution in [-0.4, -0.2) is 14.3 Å². The third kappa shape index (κ3) is 4.42. The van der Waals surface area contributed by atoms with E-state index in [2.05, 4.69) is 5.32 Å². The number of nitrogens with one attached hydrogen (secondary N) is 1. The van der Waals surface area contributed by atoms with E-state index in [4.69, 9.17) is 0 Å². The van der Waals surface area contributed by atoms with Gasteiger partial charge in [0.15, 0.2) is 9.84 Å². The average molecular weight is 479 g/mol. The van der Waals surface area contributed by atoms with Crippen LogP contribution < -0.4 is 5.32 Å². The Bertz CT molecular complexity index is 1370. The maximum atomic E-state index is 14.0. The van der Waals surface area contributed by atoms with Crippen molar-refractivity contribution in [2.24, 2.45) is 0 Å². The van der Waals surface area contributed by atoms with Gasteiger partial charge in [-0.2, -0.15) is 0 Å². The SMILES string of the molecule is O=C1Nc2ccc(S(=O)(=O)Cc3c(F)cccc3F)cc2S/C1=C/c1ccc(F)cc1F. The lowest BCUT2D eigenvalue weighted by Crippen LogP contribution is -2.18. The Morgan fingerprint density at radius 3 is 2.31 bits per heavy atom. The fourth-order valence-corrected chi connectivity index (χ4v) is 5.48. The molecule has 0 unspecified atom stereocenters. The minimum atomic E-state index is -4.12. The van der Waals surface area contributed by atoms with Gasteiger partial charge in [0.2, 0.25) is 0 Å². The van der Waals surface area contributed by atoms with Crippen LogP contribution in [-0.2, 0) is 20.4 Å². The Labute approximate surface area is 184 Å². The minimum Gasteiger partial charge on any atom is -0.320 e. The first-order valence-electron chi connectivity index (χ1n) is 9.10. The third-order valence-electron chi connectivity index (χ3n) is 4.65. The predicted molar refractivity (Wildman–Crippen MR) is 113 cm³/mol. The molecule has 1 aliphatic rings. The van der Waals surface area contributed by atoms with Crippen LogP contribution in [0.3, 0.4) is 0 Å². The molecule has 164 valence electrons. The smallest absolute Gasteiger partial charge is 0.262 e. The molecule has 0 saturated carbocycles. The molecule has 1 heterocycles. The summed E-state index contributed by atoms with van der Waals surface area (Å²) >= 11 is 0.892. The molecule has 10 heteroatoms. The molecule has 0 bridgehead atoms. The van der Waals surface area contributed by atoms with Gasteiger partial charge in [-0.05, 0) is 48.5 Å². The zero-order chi connectivity index (χ0) is 23.0. The van der Waals surface area contributed by atoms with Crippen LogP contribution in [0.2, 0.25) is 0 Å². The summed E-state index contributed by atoms with van der Waals surface area (Å²) in [4.78, 5) is 12.5. The van der Waals surface area contributed by atoms with E-state index >= 15 is 0 Å². The molecule has 3 aromatic rings. The standard InChI is InChI=1S/C22H13F4NO3S2/c23-13-5-4-12(18(26)9-13)8-21-22(28)27-19-7-6-14(10-20(19)31-21)32(29,30)11-15-16(24)2-1-3-17(15)25/h1-10H,11H2,(H,27,28)/b21-8+. The zero-order valence-electron chi connectivity index (χ0n) is 16.0. The lowest BCUT2D eigenvalue weighted by atomic mass is 10.2. The number of carbonyl (C=O) groups is 1. The predicted octanol–water partition coefficient (Wildman–Crippen LogP) is 5.30. The number of thioether (sulfide) groups is 1. The second-order valence-corrected chi connectivity index (χ2v) is 9.92. The molecular weight excluding hydrogens is 466 g/mol. The molecule has 0 spiro atoms. The van der Waals surface area contributed by atoms with E-state index in [0.29, 0.717) is 16.6 Å². The van der Waals surface area contributed by atoms with E-state index in [0.717, 1.165) is 36.0 Å². The molecule has 0 aromatic heterocycles. The van der Waals surface area contributed by atoms with Gasteiger partial charge in [0.25, 0.3) is 5.91 Å². The van der Waals surface area contributed by atoms with Crippen molar-refractivity contribution in [3.63, 3.8) is 0 Å². The van der Waals surface area contributed by atoms with E-state index in [9.17, 15) is 30.8 Å². The fraction of sp³-hybridized carbons (Fsp3) is 0.0455. The number of anilines is 1. The van der Waals surface area contributed by atoms with Gasteiger partial charge < -0.3 is 5.32 Å². The van der Waals surface area contributed by atoms with E-state index in [-0.39, 0.29) is 15.4 Å². The zero-order valence-corrected chi connectivity index (χ0v) is 17.7. The lowest BCUT2D eigenvalue weighted by Gasteiger charge is -2.19. The van der Waals surface area contributed by atoms with Crippen LogP contribution in [0.25, 0.3) is 6.08 Å². The Hall–Kier alpha value is -3.11. The van der Waals surface area contributed by atoms with Gasteiger partial charge in [-0.3, -0.25) is 4.79 Å². The Kier molecular flexibility index (Phi) is 5.83. The molecule has 32 heavy (non-hydrogen) atoms.